The van der Waals surface area contributed by atoms with Crippen LogP contribution in [0.25, 0.3) is 0 Å². The van der Waals surface area contributed by atoms with E-state index in [1.165, 1.54) is 0 Å². The van der Waals surface area contributed by atoms with Crippen molar-refractivity contribution >= 4 is 17.5 Å². The fraction of sp³-hybridized carbons (Fsp3) is 0.769. The van der Waals surface area contributed by atoms with Crippen LogP contribution >= 0.6 is 11.6 Å². The van der Waals surface area contributed by atoms with E-state index in [2.05, 4.69) is 34.1 Å². The molecule has 1 rings (SSSR count). The molecular weight excluding hydrogens is 280 g/mol. The second kappa shape index (κ2) is 8.21. The zero-order valence-corrected chi connectivity index (χ0v) is 13.2. The van der Waals surface area contributed by atoms with Crippen molar-refractivity contribution in [2.45, 2.75) is 52.7 Å². The van der Waals surface area contributed by atoms with Crippen molar-refractivity contribution in [3.05, 3.63) is 5.28 Å². The van der Waals surface area contributed by atoms with Crippen LogP contribution in [0, 0.1) is 5.92 Å². The summed E-state index contributed by atoms with van der Waals surface area (Å²) >= 11 is 5.82. The van der Waals surface area contributed by atoms with Crippen molar-refractivity contribution in [3.63, 3.8) is 0 Å². The molecule has 0 bridgehead atoms. The summed E-state index contributed by atoms with van der Waals surface area (Å²) in [5.41, 5.74) is 0. The number of hydrogen-bond donors (Lipinski definition) is 2. The summed E-state index contributed by atoms with van der Waals surface area (Å²) in [6.07, 6.45) is 1.37. The maximum Gasteiger partial charge on any atom is 0.322 e. The first-order chi connectivity index (χ1) is 9.46. The number of aliphatic hydroxyl groups is 1. The van der Waals surface area contributed by atoms with E-state index in [1.54, 1.807) is 0 Å². The van der Waals surface area contributed by atoms with E-state index in [-0.39, 0.29) is 23.3 Å². The first-order valence-electron chi connectivity index (χ1n) is 6.96. The zero-order valence-electron chi connectivity index (χ0n) is 12.4. The molecule has 0 aromatic carbocycles. The second-order valence-electron chi connectivity index (χ2n) is 4.90. The molecule has 0 spiro atoms. The smallest absolute Gasteiger partial charge is 0.322 e. The molecule has 1 aromatic rings. The first kappa shape index (κ1) is 16.9. The summed E-state index contributed by atoms with van der Waals surface area (Å²) in [6.45, 7) is 8.24. The van der Waals surface area contributed by atoms with Crippen LogP contribution in [0.2, 0.25) is 5.28 Å². The highest BCUT2D eigenvalue weighted by Gasteiger charge is 2.16. The lowest BCUT2D eigenvalue weighted by Gasteiger charge is -2.20. The van der Waals surface area contributed by atoms with Gasteiger partial charge in [0, 0.05) is 6.54 Å². The molecule has 20 heavy (non-hydrogen) atoms. The second-order valence-corrected chi connectivity index (χ2v) is 5.24. The molecular formula is C13H23ClN4O2. The summed E-state index contributed by atoms with van der Waals surface area (Å²) in [7, 11) is 0. The Kier molecular flexibility index (Phi) is 6.95. The van der Waals surface area contributed by atoms with Crippen molar-refractivity contribution in [1.82, 2.24) is 15.0 Å². The van der Waals surface area contributed by atoms with E-state index in [1.807, 2.05) is 13.8 Å². The summed E-state index contributed by atoms with van der Waals surface area (Å²) in [6, 6.07) is 0.180. The number of halogens is 1. The standard InChI is InChI=1S/C13H23ClN4O2/c1-5-9(6-2)10(19)7-15-12-16-11(14)17-13(18-12)20-8(3)4/h8-10,19H,5-7H2,1-4H3,(H,15,16,17,18). The van der Waals surface area contributed by atoms with Gasteiger partial charge in [-0.3, -0.25) is 0 Å². The number of aromatic nitrogens is 3. The van der Waals surface area contributed by atoms with Gasteiger partial charge in [-0.25, -0.2) is 0 Å². The maximum atomic E-state index is 10.1. The van der Waals surface area contributed by atoms with E-state index >= 15 is 0 Å². The summed E-state index contributed by atoms with van der Waals surface area (Å²) in [5.74, 6) is 0.567. The number of nitrogens with one attached hydrogen (secondary N) is 1. The van der Waals surface area contributed by atoms with E-state index < -0.39 is 6.10 Å². The van der Waals surface area contributed by atoms with Crippen molar-refractivity contribution in [2.75, 3.05) is 11.9 Å². The van der Waals surface area contributed by atoms with Gasteiger partial charge in [-0.15, -0.1) is 0 Å². The molecule has 6 nitrogen and oxygen atoms in total. The minimum atomic E-state index is -0.449. The van der Waals surface area contributed by atoms with E-state index in [0.29, 0.717) is 12.5 Å². The lowest BCUT2D eigenvalue weighted by molar-refractivity contribution is 0.114. The van der Waals surface area contributed by atoms with Gasteiger partial charge in [0.25, 0.3) is 0 Å². The Morgan fingerprint density at radius 1 is 1.20 bits per heavy atom. The topological polar surface area (TPSA) is 80.2 Å². The molecule has 0 aliphatic carbocycles. The fourth-order valence-corrected chi connectivity index (χ4v) is 2.02. The molecule has 1 aromatic heterocycles. The normalized spacial score (nSPS) is 12.8. The Hall–Kier alpha value is -1.14. The predicted octanol–water partition coefficient (Wildman–Crippen LogP) is 2.52. The van der Waals surface area contributed by atoms with Crippen molar-refractivity contribution in [3.8, 4) is 6.01 Å². The molecule has 0 amide bonds. The zero-order chi connectivity index (χ0) is 15.1. The van der Waals surface area contributed by atoms with Crippen LogP contribution in [-0.2, 0) is 0 Å². The minimum Gasteiger partial charge on any atom is -0.461 e. The molecule has 0 saturated heterocycles. The van der Waals surface area contributed by atoms with E-state index in [0.717, 1.165) is 12.8 Å². The third kappa shape index (κ3) is 5.46. The predicted molar refractivity (Wildman–Crippen MR) is 79.2 cm³/mol. The van der Waals surface area contributed by atoms with Gasteiger partial charge in [0.05, 0.1) is 12.2 Å². The van der Waals surface area contributed by atoms with Gasteiger partial charge in [0.15, 0.2) is 0 Å². The van der Waals surface area contributed by atoms with Gasteiger partial charge in [0.1, 0.15) is 0 Å². The molecule has 114 valence electrons. The van der Waals surface area contributed by atoms with Crippen LogP contribution < -0.4 is 10.1 Å². The lowest BCUT2D eigenvalue weighted by atomic mass is 9.97. The quantitative estimate of drug-likeness (QED) is 0.768. The third-order valence-corrected chi connectivity index (χ3v) is 3.16. The van der Waals surface area contributed by atoms with Crippen LogP contribution in [0.3, 0.4) is 0 Å². The summed E-state index contributed by atoms with van der Waals surface area (Å²) in [4.78, 5) is 12.0. The molecule has 2 N–H and O–H groups in total. The van der Waals surface area contributed by atoms with Gasteiger partial charge in [-0.2, -0.15) is 15.0 Å². The van der Waals surface area contributed by atoms with Crippen molar-refractivity contribution in [1.29, 1.82) is 0 Å². The molecule has 0 saturated carbocycles. The number of rotatable bonds is 8. The highest BCUT2D eigenvalue weighted by molar-refractivity contribution is 6.28. The van der Waals surface area contributed by atoms with Crippen LogP contribution in [0.1, 0.15) is 40.5 Å². The highest BCUT2D eigenvalue weighted by Crippen LogP contribution is 2.15. The SMILES string of the molecule is CCC(CC)C(O)CNc1nc(Cl)nc(OC(C)C)n1. The lowest BCUT2D eigenvalue weighted by Crippen LogP contribution is -2.28. The average Bonchev–Trinajstić information content (AvgIpc) is 2.36. The number of aliphatic hydroxyl groups excluding tert-OH is 1. The number of hydrogen-bond acceptors (Lipinski definition) is 6. The van der Waals surface area contributed by atoms with Crippen LogP contribution in [0.5, 0.6) is 6.01 Å². The molecule has 1 unspecified atom stereocenters. The van der Waals surface area contributed by atoms with Gasteiger partial charge >= 0.3 is 6.01 Å². The van der Waals surface area contributed by atoms with Gasteiger partial charge in [0.2, 0.25) is 11.2 Å². The van der Waals surface area contributed by atoms with Gasteiger partial charge in [-0.1, -0.05) is 26.7 Å². The molecule has 0 aliphatic heterocycles. The molecule has 0 fully saturated rings. The summed E-state index contributed by atoms with van der Waals surface area (Å²) < 4.78 is 5.38. The maximum absolute atomic E-state index is 10.1. The van der Waals surface area contributed by atoms with E-state index in [9.17, 15) is 5.11 Å². The Labute approximate surface area is 125 Å². The third-order valence-electron chi connectivity index (χ3n) is 2.99. The summed E-state index contributed by atoms with van der Waals surface area (Å²) in [5, 5.41) is 13.1. The highest BCUT2D eigenvalue weighted by atomic mass is 35.5. The van der Waals surface area contributed by atoms with Crippen molar-refractivity contribution in [2.24, 2.45) is 5.92 Å². The van der Waals surface area contributed by atoms with Gasteiger partial charge < -0.3 is 15.2 Å². The Morgan fingerprint density at radius 3 is 2.40 bits per heavy atom. The number of ether oxygens (including phenoxy) is 1. The molecule has 1 heterocycles. The van der Waals surface area contributed by atoms with E-state index in [4.69, 9.17) is 16.3 Å². The number of nitrogens with zero attached hydrogens (tertiary/aromatic N) is 3. The average molecular weight is 303 g/mol. The Morgan fingerprint density at radius 2 is 1.85 bits per heavy atom. The number of anilines is 1. The molecule has 0 aliphatic rings. The minimum absolute atomic E-state index is 0.0449. The van der Waals surface area contributed by atoms with Crippen molar-refractivity contribution < 1.29 is 9.84 Å². The van der Waals surface area contributed by atoms with Gasteiger partial charge in [-0.05, 0) is 31.4 Å². The van der Waals surface area contributed by atoms with Crippen LogP contribution in [0.15, 0.2) is 0 Å². The molecule has 0 radical (unpaired) electrons. The first-order valence-corrected chi connectivity index (χ1v) is 7.34. The Balaban J connectivity index is 2.65. The van der Waals surface area contributed by atoms with Crippen LogP contribution in [-0.4, -0.2) is 38.8 Å². The van der Waals surface area contributed by atoms with Crippen LogP contribution in [0.4, 0.5) is 5.95 Å². The molecule has 1 atom stereocenters. The Bertz CT molecular complexity index is 413. The monoisotopic (exact) mass is 302 g/mol. The largest absolute Gasteiger partial charge is 0.461 e. The molecule has 7 heteroatoms. The fourth-order valence-electron chi connectivity index (χ4n) is 1.87.